The molecule has 2 heterocycles. The van der Waals surface area contributed by atoms with Gasteiger partial charge in [-0.2, -0.15) is 0 Å². The van der Waals surface area contributed by atoms with Crippen LogP contribution in [-0.4, -0.2) is 63.5 Å². The van der Waals surface area contributed by atoms with Gasteiger partial charge in [0.2, 0.25) is 0 Å². The number of nitrogens with one attached hydrogen (secondary N) is 2. The average Bonchev–Trinajstić information content (AvgIpc) is 3.35. The SMILES string of the molecule is Cc1cccc2sc(N3CCN(CCNC(=O)c4cccc(NS(=O)(=O)c5ccccc5)c4)CC3)nc12.Cl. The molecule has 4 aromatic rings. The van der Waals surface area contributed by atoms with Crippen LogP contribution in [0.2, 0.25) is 0 Å². The first-order valence-electron chi connectivity index (χ1n) is 12.2. The van der Waals surface area contributed by atoms with Crippen LogP contribution in [0, 0.1) is 6.92 Å². The molecule has 200 valence electrons. The molecule has 1 aliphatic rings. The van der Waals surface area contributed by atoms with Gasteiger partial charge in [-0.15, -0.1) is 12.4 Å². The molecule has 0 aliphatic carbocycles. The highest BCUT2D eigenvalue weighted by molar-refractivity contribution is 7.92. The quantitative estimate of drug-likeness (QED) is 0.326. The van der Waals surface area contributed by atoms with Crippen molar-refractivity contribution < 1.29 is 13.2 Å². The molecule has 1 aromatic heterocycles. The first-order chi connectivity index (χ1) is 17.9. The molecule has 11 heteroatoms. The summed E-state index contributed by atoms with van der Waals surface area (Å²) in [5, 5.41) is 4.02. The molecule has 0 spiro atoms. The van der Waals surface area contributed by atoms with Crippen LogP contribution in [0.25, 0.3) is 10.2 Å². The lowest BCUT2D eigenvalue weighted by atomic mass is 10.2. The normalized spacial score (nSPS) is 14.2. The fraction of sp³-hybridized carbons (Fsp3) is 0.259. The molecular formula is C27H30ClN5O3S2. The number of amides is 1. The van der Waals surface area contributed by atoms with Gasteiger partial charge >= 0.3 is 0 Å². The van der Waals surface area contributed by atoms with Crippen molar-refractivity contribution in [3.63, 3.8) is 0 Å². The van der Waals surface area contributed by atoms with E-state index in [1.165, 1.54) is 22.4 Å². The highest BCUT2D eigenvalue weighted by atomic mass is 35.5. The number of carbonyl (C=O) groups excluding carboxylic acids is 1. The van der Waals surface area contributed by atoms with Crippen LogP contribution >= 0.6 is 23.7 Å². The molecule has 0 atom stereocenters. The monoisotopic (exact) mass is 571 g/mol. The highest BCUT2D eigenvalue weighted by Crippen LogP contribution is 2.31. The van der Waals surface area contributed by atoms with E-state index in [1.807, 2.05) is 0 Å². The number of hydrogen-bond acceptors (Lipinski definition) is 7. The molecule has 8 nitrogen and oxygen atoms in total. The van der Waals surface area contributed by atoms with E-state index in [0.29, 0.717) is 17.8 Å². The van der Waals surface area contributed by atoms with Gasteiger partial charge in [0.25, 0.3) is 15.9 Å². The Morgan fingerprint density at radius 3 is 2.45 bits per heavy atom. The molecule has 0 saturated carbocycles. The number of aromatic nitrogens is 1. The number of carbonyl (C=O) groups is 1. The molecule has 3 aromatic carbocycles. The minimum absolute atomic E-state index is 0. The predicted molar refractivity (Wildman–Crippen MR) is 156 cm³/mol. The molecule has 0 unspecified atom stereocenters. The molecule has 1 amide bonds. The summed E-state index contributed by atoms with van der Waals surface area (Å²) in [5.74, 6) is -0.232. The van der Waals surface area contributed by atoms with Crippen LogP contribution in [0.3, 0.4) is 0 Å². The third-order valence-corrected chi connectivity index (χ3v) is 8.87. The number of benzene rings is 3. The third kappa shape index (κ3) is 6.44. The standard InChI is InChI=1S/C27H29N5O3S2.ClH/c1-20-7-5-12-24-25(20)29-27(36-24)32-17-15-31(16-18-32)14-13-28-26(33)21-8-6-9-22(19-21)30-37(34,35)23-10-3-2-4-11-23;/h2-12,19,30H,13-18H2,1H3,(H,28,33);1H. The number of nitrogens with zero attached hydrogens (tertiary/aromatic N) is 3. The Kier molecular flexibility index (Phi) is 8.88. The second-order valence-corrected chi connectivity index (χ2v) is 11.7. The van der Waals surface area contributed by atoms with Gasteiger partial charge in [0.15, 0.2) is 5.13 Å². The van der Waals surface area contributed by atoms with Crippen LogP contribution < -0.4 is 14.9 Å². The topological polar surface area (TPSA) is 94.6 Å². The fourth-order valence-electron chi connectivity index (χ4n) is 4.34. The van der Waals surface area contributed by atoms with Gasteiger partial charge in [-0.05, 0) is 48.9 Å². The lowest BCUT2D eigenvalue weighted by Gasteiger charge is -2.34. The van der Waals surface area contributed by atoms with E-state index in [2.05, 4.69) is 45.0 Å². The second kappa shape index (κ2) is 12.1. The van der Waals surface area contributed by atoms with Gasteiger partial charge in [-0.25, -0.2) is 13.4 Å². The van der Waals surface area contributed by atoms with Crippen LogP contribution in [-0.2, 0) is 10.0 Å². The van der Waals surface area contributed by atoms with E-state index in [0.717, 1.165) is 43.4 Å². The number of thiazole rings is 1. The number of fused-ring (bicyclic) bond motifs is 1. The van der Waals surface area contributed by atoms with Crippen LogP contribution in [0.1, 0.15) is 15.9 Å². The molecule has 38 heavy (non-hydrogen) atoms. The summed E-state index contributed by atoms with van der Waals surface area (Å²) in [6.45, 7) is 6.96. The van der Waals surface area contributed by atoms with Crippen LogP contribution in [0.5, 0.6) is 0 Å². The smallest absolute Gasteiger partial charge is 0.261 e. The maximum atomic E-state index is 12.7. The molecule has 0 radical (unpaired) electrons. The first kappa shape index (κ1) is 27.8. The first-order valence-corrected chi connectivity index (χ1v) is 14.5. The lowest BCUT2D eigenvalue weighted by Crippen LogP contribution is -2.48. The van der Waals surface area contributed by atoms with E-state index >= 15 is 0 Å². The van der Waals surface area contributed by atoms with Gasteiger partial charge in [0.1, 0.15) is 0 Å². The number of aryl methyl sites for hydroxylation is 1. The van der Waals surface area contributed by atoms with E-state index < -0.39 is 10.0 Å². The van der Waals surface area contributed by atoms with Crippen LogP contribution in [0.4, 0.5) is 10.8 Å². The van der Waals surface area contributed by atoms with E-state index in [1.54, 1.807) is 53.8 Å². The van der Waals surface area contributed by atoms with Crippen molar-refractivity contribution in [1.82, 2.24) is 15.2 Å². The number of piperazine rings is 1. The van der Waals surface area contributed by atoms with Crippen molar-refractivity contribution in [2.24, 2.45) is 0 Å². The van der Waals surface area contributed by atoms with Gasteiger partial charge in [-0.1, -0.05) is 47.7 Å². The Bertz CT molecular complexity index is 1500. The molecule has 1 saturated heterocycles. The highest BCUT2D eigenvalue weighted by Gasteiger charge is 2.20. The predicted octanol–water partition coefficient (Wildman–Crippen LogP) is 4.38. The minimum atomic E-state index is -3.72. The molecule has 1 aliphatic heterocycles. The van der Waals surface area contributed by atoms with Crippen molar-refractivity contribution in [2.45, 2.75) is 11.8 Å². The van der Waals surface area contributed by atoms with Gasteiger partial charge in [-0.3, -0.25) is 14.4 Å². The number of para-hydroxylation sites is 1. The summed E-state index contributed by atoms with van der Waals surface area (Å²) in [4.78, 5) is 22.4. The van der Waals surface area contributed by atoms with E-state index in [-0.39, 0.29) is 23.2 Å². The number of anilines is 2. The summed E-state index contributed by atoms with van der Waals surface area (Å²) in [6.07, 6.45) is 0. The summed E-state index contributed by atoms with van der Waals surface area (Å²) in [7, 11) is -3.72. The largest absolute Gasteiger partial charge is 0.351 e. The second-order valence-electron chi connectivity index (χ2n) is 9.00. The third-order valence-electron chi connectivity index (χ3n) is 6.40. The Labute approximate surface area is 233 Å². The molecular weight excluding hydrogens is 542 g/mol. The average molecular weight is 572 g/mol. The zero-order chi connectivity index (χ0) is 25.8. The molecule has 0 bridgehead atoms. The summed E-state index contributed by atoms with van der Waals surface area (Å²) in [5.41, 5.74) is 3.04. The maximum absolute atomic E-state index is 12.7. The summed E-state index contributed by atoms with van der Waals surface area (Å²) < 4.78 is 28.9. The number of halogens is 1. The lowest BCUT2D eigenvalue weighted by molar-refractivity contribution is 0.0948. The molecule has 5 rings (SSSR count). The van der Waals surface area contributed by atoms with Gasteiger partial charge in [0.05, 0.1) is 15.1 Å². The fourth-order valence-corrected chi connectivity index (χ4v) is 6.51. The van der Waals surface area contributed by atoms with Crippen molar-refractivity contribution in [3.05, 3.63) is 83.9 Å². The molecule has 1 fully saturated rings. The van der Waals surface area contributed by atoms with Crippen molar-refractivity contribution in [1.29, 1.82) is 0 Å². The zero-order valence-electron chi connectivity index (χ0n) is 21.0. The van der Waals surface area contributed by atoms with Gasteiger partial charge in [0, 0.05) is 50.5 Å². The van der Waals surface area contributed by atoms with Crippen molar-refractivity contribution in [2.75, 3.05) is 48.9 Å². The summed E-state index contributed by atoms with van der Waals surface area (Å²) >= 11 is 1.74. The Hall–Kier alpha value is -3.18. The molecule has 2 N–H and O–H groups in total. The maximum Gasteiger partial charge on any atom is 0.261 e. The van der Waals surface area contributed by atoms with E-state index in [9.17, 15) is 13.2 Å². The van der Waals surface area contributed by atoms with Crippen LogP contribution in [0.15, 0.2) is 77.7 Å². The number of hydrogen-bond donors (Lipinski definition) is 2. The number of rotatable bonds is 8. The zero-order valence-corrected chi connectivity index (χ0v) is 23.4. The Morgan fingerprint density at radius 2 is 1.71 bits per heavy atom. The minimum Gasteiger partial charge on any atom is -0.351 e. The number of sulfonamides is 1. The Morgan fingerprint density at radius 1 is 0.974 bits per heavy atom. The van der Waals surface area contributed by atoms with Gasteiger partial charge < -0.3 is 10.2 Å². The summed E-state index contributed by atoms with van der Waals surface area (Å²) in [6, 6.07) is 21.0. The van der Waals surface area contributed by atoms with E-state index in [4.69, 9.17) is 4.98 Å². The van der Waals surface area contributed by atoms with Crippen molar-refractivity contribution in [3.8, 4) is 0 Å². The Balaban J connectivity index is 0.00000336. The van der Waals surface area contributed by atoms with Crippen molar-refractivity contribution >= 4 is 60.7 Å².